The summed E-state index contributed by atoms with van der Waals surface area (Å²) in [6, 6.07) is 0.475. The average Bonchev–Trinajstić information content (AvgIpc) is 2.28. The quantitative estimate of drug-likeness (QED) is 0.707. The monoisotopic (exact) mass is 213 g/mol. The minimum absolute atomic E-state index is 0.0214. The predicted molar refractivity (Wildman–Crippen MR) is 61.5 cm³/mol. The molecule has 88 valence electrons. The second-order valence-electron chi connectivity index (χ2n) is 4.26. The van der Waals surface area contributed by atoms with Crippen LogP contribution in [0.4, 0.5) is 0 Å². The highest BCUT2D eigenvalue weighted by atomic mass is 16.2. The van der Waals surface area contributed by atoms with E-state index in [9.17, 15) is 4.79 Å². The van der Waals surface area contributed by atoms with Crippen molar-refractivity contribution >= 4 is 5.91 Å². The number of nitrogens with two attached hydrogens (primary N) is 1. The normalized spacial score (nSPS) is 24.9. The van der Waals surface area contributed by atoms with E-state index in [4.69, 9.17) is 5.73 Å². The number of nitrogens with zero attached hydrogens (tertiary/aromatic N) is 1. The van der Waals surface area contributed by atoms with Gasteiger partial charge in [-0.25, -0.2) is 0 Å². The maximum Gasteiger partial charge on any atom is 0.236 e. The third kappa shape index (κ3) is 3.18. The molecule has 15 heavy (non-hydrogen) atoms. The summed E-state index contributed by atoms with van der Waals surface area (Å²) in [5.41, 5.74) is 5.60. The van der Waals surface area contributed by atoms with E-state index in [1.54, 1.807) is 7.05 Å². The summed E-state index contributed by atoms with van der Waals surface area (Å²) in [5.74, 6) is 0.110. The number of likely N-dealkylation sites (tertiary alicyclic amines) is 1. The van der Waals surface area contributed by atoms with Crippen LogP contribution in [0.3, 0.4) is 0 Å². The fourth-order valence-electron chi connectivity index (χ4n) is 2.39. The van der Waals surface area contributed by atoms with E-state index in [2.05, 4.69) is 10.2 Å². The van der Waals surface area contributed by atoms with Gasteiger partial charge in [-0.05, 0) is 39.3 Å². The molecule has 0 spiro atoms. The molecule has 0 aromatic heterocycles. The summed E-state index contributed by atoms with van der Waals surface area (Å²) in [5, 5.41) is 2.71. The van der Waals surface area contributed by atoms with Gasteiger partial charge in [0.15, 0.2) is 0 Å². The SMILES string of the molecule is CNC(=O)C(C)N1CCCCC1CCN. The van der Waals surface area contributed by atoms with E-state index in [0.717, 1.165) is 13.0 Å². The van der Waals surface area contributed by atoms with Crippen molar-refractivity contribution in [2.45, 2.75) is 44.7 Å². The minimum Gasteiger partial charge on any atom is -0.358 e. The Morgan fingerprint density at radius 3 is 2.93 bits per heavy atom. The van der Waals surface area contributed by atoms with Crippen LogP contribution in [0.2, 0.25) is 0 Å². The lowest BCUT2D eigenvalue weighted by Crippen LogP contribution is -2.51. The van der Waals surface area contributed by atoms with Crippen LogP contribution in [0.1, 0.15) is 32.6 Å². The molecule has 0 radical (unpaired) electrons. The molecule has 3 N–H and O–H groups in total. The van der Waals surface area contributed by atoms with Gasteiger partial charge in [-0.1, -0.05) is 6.42 Å². The number of hydrogen-bond acceptors (Lipinski definition) is 3. The molecular weight excluding hydrogens is 190 g/mol. The molecule has 4 nitrogen and oxygen atoms in total. The van der Waals surface area contributed by atoms with Crippen LogP contribution in [0, 0.1) is 0 Å². The zero-order valence-corrected chi connectivity index (χ0v) is 9.83. The number of nitrogens with one attached hydrogen (secondary N) is 1. The highest BCUT2D eigenvalue weighted by Gasteiger charge is 2.28. The Morgan fingerprint density at radius 1 is 1.60 bits per heavy atom. The second kappa shape index (κ2) is 6.08. The summed E-state index contributed by atoms with van der Waals surface area (Å²) in [4.78, 5) is 13.9. The molecule has 1 amide bonds. The van der Waals surface area contributed by atoms with Gasteiger partial charge in [0.25, 0.3) is 0 Å². The summed E-state index contributed by atoms with van der Waals surface area (Å²) >= 11 is 0. The zero-order valence-electron chi connectivity index (χ0n) is 9.83. The van der Waals surface area contributed by atoms with Crippen molar-refractivity contribution in [2.75, 3.05) is 20.1 Å². The predicted octanol–water partition coefficient (Wildman–Crippen LogP) is 0.324. The lowest BCUT2D eigenvalue weighted by molar-refractivity contribution is -0.126. The van der Waals surface area contributed by atoms with Gasteiger partial charge in [-0.2, -0.15) is 0 Å². The number of amides is 1. The van der Waals surface area contributed by atoms with Gasteiger partial charge in [-0.15, -0.1) is 0 Å². The van der Waals surface area contributed by atoms with Gasteiger partial charge < -0.3 is 11.1 Å². The summed E-state index contributed by atoms with van der Waals surface area (Å²) in [6.07, 6.45) is 4.64. The first-order chi connectivity index (χ1) is 7.20. The molecule has 0 aromatic rings. The van der Waals surface area contributed by atoms with Crippen LogP contribution >= 0.6 is 0 Å². The molecule has 0 bridgehead atoms. The van der Waals surface area contributed by atoms with Gasteiger partial charge in [-0.3, -0.25) is 9.69 Å². The molecule has 2 atom stereocenters. The van der Waals surface area contributed by atoms with Gasteiger partial charge in [0.1, 0.15) is 0 Å². The third-order valence-corrected chi connectivity index (χ3v) is 3.30. The van der Waals surface area contributed by atoms with Crippen LogP contribution in [-0.2, 0) is 4.79 Å². The number of rotatable bonds is 4. The summed E-state index contributed by atoms with van der Waals surface area (Å²) in [7, 11) is 1.70. The van der Waals surface area contributed by atoms with E-state index in [0.29, 0.717) is 12.6 Å². The Balaban J connectivity index is 2.58. The maximum atomic E-state index is 11.6. The molecule has 4 heteroatoms. The van der Waals surface area contributed by atoms with Crippen molar-refractivity contribution in [3.8, 4) is 0 Å². The van der Waals surface area contributed by atoms with Gasteiger partial charge in [0, 0.05) is 13.1 Å². The molecule has 1 heterocycles. The Labute approximate surface area is 92.2 Å². The van der Waals surface area contributed by atoms with Crippen molar-refractivity contribution in [1.29, 1.82) is 0 Å². The Kier molecular flexibility index (Phi) is 5.05. The summed E-state index contributed by atoms with van der Waals surface area (Å²) < 4.78 is 0. The van der Waals surface area contributed by atoms with Gasteiger partial charge in [0.2, 0.25) is 5.91 Å². The summed E-state index contributed by atoms with van der Waals surface area (Å²) in [6.45, 7) is 3.72. The number of hydrogen-bond donors (Lipinski definition) is 2. The highest BCUT2D eigenvalue weighted by molar-refractivity contribution is 5.81. The van der Waals surface area contributed by atoms with Crippen molar-refractivity contribution in [1.82, 2.24) is 10.2 Å². The van der Waals surface area contributed by atoms with Crippen molar-refractivity contribution in [3.63, 3.8) is 0 Å². The van der Waals surface area contributed by atoms with Gasteiger partial charge in [0.05, 0.1) is 6.04 Å². The largest absolute Gasteiger partial charge is 0.358 e. The molecule has 1 aliphatic heterocycles. The Hall–Kier alpha value is -0.610. The molecule has 0 saturated carbocycles. The lowest BCUT2D eigenvalue weighted by atomic mass is 9.97. The van der Waals surface area contributed by atoms with Crippen molar-refractivity contribution < 1.29 is 4.79 Å². The highest BCUT2D eigenvalue weighted by Crippen LogP contribution is 2.21. The molecule has 0 aromatic carbocycles. The smallest absolute Gasteiger partial charge is 0.236 e. The third-order valence-electron chi connectivity index (χ3n) is 3.30. The second-order valence-corrected chi connectivity index (χ2v) is 4.26. The molecule has 1 saturated heterocycles. The number of piperidine rings is 1. The lowest BCUT2D eigenvalue weighted by Gasteiger charge is -2.39. The number of likely N-dealkylation sites (N-methyl/N-ethyl adjacent to an activating group) is 1. The van der Waals surface area contributed by atoms with Crippen LogP contribution in [0.5, 0.6) is 0 Å². The van der Waals surface area contributed by atoms with Crippen LogP contribution in [0.15, 0.2) is 0 Å². The molecule has 1 rings (SSSR count). The fourth-order valence-corrected chi connectivity index (χ4v) is 2.39. The van der Waals surface area contributed by atoms with E-state index in [1.165, 1.54) is 19.3 Å². The topological polar surface area (TPSA) is 58.4 Å². The van der Waals surface area contributed by atoms with Gasteiger partial charge >= 0.3 is 0 Å². The van der Waals surface area contributed by atoms with E-state index >= 15 is 0 Å². The van der Waals surface area contributed by atoms with Crippen LogP contribution in [-0.4, -0.2) is 43.0 Å². The molecule has 1 aliphatic rings. The molecule has 0 aliphatic carbocycles. The first-order valence-electron chi connectivity index (χ1n) is 5.88. The molecule has 1 fully saturated rings. The maximum absolute atomic E-state index is 11.6. The average molecular weight is 213 g/mol. The molecule has 2 unspecified atom stereocenters. The number of carbonyl (C=O) groups is 1. The molecular formula is C11H23N3O. The van der Waals surface area contributed by atoms with Crippen molar-refractivity contribution in [3.05, 3.63) is 0 Å². The first kappa shape index (κ1) is 12.5. The minimum atomic E-state index is -0.0214. The zero-order chi connectivity index (χ0) is 11.3. The standard InChI is InChI=1S/C11H23N3O/c1-9(11(15)13-2)14-8-4-3-5-10(14)6-7-12/h9-10H,3-8,12H2,1-2H3,(H,13,15). The van der Waals surface area contributed by atoms with E-state index in [-0.39, 0.29) is 11.9 Å². The van der Waals surface area contributed by atoms with Crippen molar-refractivity contribution in [2.24, 2.45) is 5.73 Å². The Morgan fingerprint density at radius 2 is 2.33 bits per heavy atom. The van der Waals surface area contributed by atoms with Crippen LogP contribution < -0.4 is 11.1 Å². The fraction of sp³-hybridized carbons (Fsp3) is 0.909. The number of carbonyl (C=O) groups excluding carboxylic acids is 1. The van der Waals surface area contributed by atoms with E-state index in [1.807, 2.05) is 6.92 Å². The van der Waals surface area contributed by atoms with Crippen LogP contribution in [0.25, 0.3) is 0 Å². The first-order valence-corrected chi connectivity index (χ1v) is 5.88. The van der Waals surface area contributed by atoms with E-state index < -0.39 is 0 Å². The Bertz CT molecular complexity index is 206.